The van der Waals surface area contributed by atoms with Gasteiger partial charge in [-0.2, -0.15) is 5.10 Å². The Morgan fingerprint density at radius 2 is 2.10 bits per heavy atom. The molecule has 21 heavy (non-hydrogen) atoms. The van der Waals surface area contributed by atoms with Crippen molar-refractivity contribution in [3.63, 3.8) is 0 Å². The van der Waals surface area contributed by atoms with Crippen LogP contribution in [-0.4, -0.2) is 32.2 Å². The molecule has 5 heteroatoms. The molecule has 0 saturated heterocycles. The van der Waals surface area contributed by atoms with Crippen molar-refractivity contribution in [1.82, 2.24) is 14.7 Å². The number of aromatic nitrogens is 2. The monoisotopic (exact) mass is 289 g/mol. The van der Waals surface area contributed by atoms with Gasteiger partial charge < -0.3 is 10.0 Å². The van der Waals surface area contributed by atoms with Gasteiger partial charge in [0.15, 0.2) is 0 Å². The maximum Gasteiger partial charge on any atom is 0.225 e. The fraction of sp³-hybridized carbons (Fsp3) is 0.750. The van der Waals surface area contributed by atoms with Gasteiger partial charge in [0.25, 0.3) is 0 Å². The highest BCUT2D eigenvalue weighted by atomic mass is 16.3. The Hall–Kier alpha value is -1.36. The van der Waals surface area contributed by atoms with E-state index in [9.17, 15) is 9.90 Å². The highest BCUT2D eigenvalue weighted by molar-refractivity contribution is 5.79. The predicted octanol–water partition coefficient (Wildman–Crippen LogP) is 1.47. The van der Waals surface area contributed by atoms with Gasteiger partial charge in [-0.1, -0.05) is 6.42 Å². The summed E-state index contributed by atoms with van der Waals surface area (Å²) in [5, 5.41) is 14.2. The smallest absolute Gasteiger partial charge is 0.225 e. The first kappa shape index (κ1) is 13.3. The fourth-order valence-corrected chi connectivity index (χ4v) is 3.49. The Morgan fingerprint density at radius 3 is 2.71 bits per heavy atom. The van der Waals surface area contributed by atoms with E-state index in [1.54, 1.807) is 0 Å². The lowest BCUT2D eigenvalue weighted by molar-refractivity contribution is -0.139. The lowest BCUT2D eigenvalue weighted by Crippen LogP contribution is -2.42. The van der Waals surface area contributed by atoms with E-state index >= 15 is 0 Å². The van der Waals surface area contributed by atoms with Crippen LogP contribution in [0, 0.1) is 11.8 Å². The van der Waals surface area contributed by atoms with Crippen LogP contribution in [0.5, 0.6) is 0 Å². The Morgan fingerprint density at radius 1 is 1.29 bits per heavy atom. The third-order valence-electron chi connectivity index (χ3n) is 5.26. The molecule has 0 radical (unpaired) electrons. The number of fused-ring (bicyclic) bond motifs is 1. The van der Waals surface area contributed by atoms with E-state index in [1.165, 1.54) is 25.0 Å². The summed E-state index contributed by atoms with van der Waals surface area (Å²) in [6, 6.07) is 0. The van der Waals surface area contributed by atoms with Gasteiger partial charge in [-0.3, -0.25) is 9.48 Å². The summed E-state index contributed by atoms with van der Waals surface area (Å²) in [5.41, 5.74) is 3.14. The minimum atomic E-state index is -0.0224. The van der Waals surface area contributed by atoms with Crippen molar-refractivity contribution in [2.45, 2.75) is 58.2 Å². The van der Waals surface area contributed by atoms with Crippen LogP contribution in [0.4, 0.5) is 0 Å². The lowest BCUT2D eigenvalue weighted by Gasteiger charge is -2.34. The number of aliphatic hydroxyl groups excluding tert-OH is 1. The summed E-state index contributed by atoms with van der Waals surface area (Å²) in [4.78, 5) is 14.4. The SMILES string of the molecule is O=C(C1CCC1)N1CCc2c(c(CO)nn2CC2CC2)C1. The first-order valence-corrected chi connectivity index (χ1v) is 8.23. The second-order valence-electron chi connectivity index (χ2n) is 6.79. The van der Waals surface area contributed by atoms with Crippen molar-refractivity contribution in [3.8, 4) is 0 Å². The van der Waals surface area contributed by atoms with E-state index in [4.69, 9.17) is 0 Å². The van der Waals surface area contributed by atoms with Crippen LogP contribution in [0.2, 0.25) is 0 Å². The molecule has 0 spiro atoms. The maximum absolute atomic E-state index is 12.4. The molecule has 2 heterocycles. The molecule has 1 N–H and O–H groups in total. The van der Waals surface area contributed by atoms with Gasteiger partial charge in [0.05, 0.1) is 12.3 Å². The van der Waals surface area contributed by atoms with E-state index in [1.807, 2.05) is 4.90 Å². The van der Waals surface area contributed by atoms with E-state index < -0.39 is 0 Å². The molecule has 0 aromatic carbocycles. The summed E-state index contributed by atoms with van der Waals surface area (Å²) in [6.45, 7) is 2.42. The molecular weight excluding hydrogens is 266 g/mol. The van der Waals surface area contributed by atoms with Crippen molar-refractivity contribution < 1.29 is 9.90 Å². The summed E-state index contributed by atoms with van der Waals surface area (Å²) in [7, 11) is 0. The number of hydrogen-bond acceptors (Lipinski definition) is 3. The summed E-state index contributed by atoms with van der Waals surface area (Å²) in [6.07, 6.45) is 6.78. The van der Waals surface area contributed by atoms with E-state index in [0.29, 0.717) is 12.5 Å². The van der Waals surface area contributed by atoms with E-state index in [2.05, 4.69) is 9.78 Å². The molecule has 0 unspecified atom stereocenters. The summed E-state index contributed by atoms with van der Waals surface area (Å²) >= 11 is 0. The Kier molecular flexibility index (Phi) is 3.25. The van der Waals surface area contributed by atoms with Crippen molar-refractivity contribution in [1.29, 1.82) is 0 Å². The van der Waals surface area contributed by atoms with E-state index in [-0.39, 0.29) is 12.5 Å². The maximum atomic E-state index is 12.4. The van der Waals surface area contributed by atoms with Gasteiger partial charge in [0, 0.05) is 43.2 Å². The van der Waals surface area contributed by atoms with Crippen LogP contribution < -0.4 is 0 Å². The highest BCUT2D eigenvalue weighted by Gasteiger charge is 2.34. The highest BCUT2D eigenvalue weighted by Crippen LogP contribution is 2.34. The second-order valence-corrected chi connectivity index (χ2v) is 6.79. The Labute approximate surface area is 124 Å². The van der Waals surface area contributed by atoms with Gasteiger partial charge in [0.2, 0.25) is 5.91 Å². The molecule has 1 amide bonds. The molecule has 3 aliphatic rings. The van der Waals surface area contributed by atoms with Crippen LogP contribution in [0.1, 0.15) is 49.1 Å². The number of nitrogens with zero attached hydrogens (tertiary/aromatic N) is 3. The predicted molar refractivity (Wildman–Crippen MR) is 77.3 cm³/mol. The second kappa shape index (κ2) is 5.13. The quantitative estimate of drug-likeness (QED) is 0.913. The van der Waals surface area contributed by atoms with Crippen LogP contribution in [0.3, 0.4) is 0 Å². The van der Waals surface area contributed by atoms with Gasteiger partial charge in [0.1, 0.15) is 0 Å². The first-order chi connectivity index (χ1) is 10.3. The number of amides is 1. The largest absolute Gasteiger partial charge is 0.390 e. The summed E-state index contributed by atoms with van der Waals surface area (Å²) in [5.74, 6) is 1.34. The van der Waals surface area contributed by atoms with Crippen LogP contribution >= 0.6 is 0 Å². The fourth-order valence-electron chi connectivity index (χ4n) is 3.49. The molecule has 114 valence electrons. The number of hydrogen-bond donors (Lipinski definition) is 1. The Balaban J connectivity index is 1.55. The van der Waals surface area contributed by atoms with Gasteiger partial charge >= 0.3 is 0 Å². The van der Waals surface area contributed by atoms with Gasteiger partial charge in [-0.05, 0) is 31.6 Å². The number of rotatable bonds is 4. The van der Waals surface area contributed by atoms with Crippen LogP contribution in [-0.2, 0) is 30.9 Å². The zero-order chi connectivity index (χ0) is 14.4. The third-order valence-corrected chi connectivity index (χ3v) is 5.26. The minimum absolute atomic E-state index is 0.0224. The van der Waals surface area contributed by atoms with Crippen molar-refractivity contribution in [2.75, 3.05) is 6.54 Å². The zero-order valence-electron chi connectivity index (χ0n) is 12.4. The normalized spacial score (nSPS) is 22.0. The standard InChI is InChI=1S/C16H23N3O2/c20-10-14-13-9-18(16(21)12-2-1-3-12)7-6-15(13)19(17-14)8-11-4-5-11/h11-12,20H,1-10H2. The summed E-state index contributed by atoms with van der Waals surface area (Å²) < 4.78 is 2.10. The van der Waals surface area contributed by atoms with Crippen molar-refractivity contribution in [2.24, 2.45) is 11.8 Å². The van der Waals surface area contributed by atoms with E-state index in [0.717, 1.165) is 49.5 Å². The molecule has 0 bridgehead atoms. The molecule has 1 aromatic heterocycles. The number of carbonyl (C=O) groups excluding carboxylic acids is 1. The number of aliphatic hydroxyl groups is 1. The zero-order valence-corrected chi connectivity index (χ0v) is 12.4. The lowest BCUT2D eigenvalue weighted by atomic mass is 9.84. The molecule has 2 fully saturated rings. The molecule has 0 atom stereocenters. The molecule has 4 rings (SSSR count). The van der Waals surface area contributed by atoms with Gasteiger partial charge in [-0.25, -0.2) is 0 Å². The third kappa shape index (κ3) is 2.37. The Bertz CT molecular complexity index is 558. The molecule has 1 aliphatic heterocycles. The van der Waals surface area contributed by atoms with Crippen LogP contribution in [0.15, 0.2) is 0 Å². The minimum Gasteiger partial charge on any atom is -0.390 e. The molecule has 5 nitrogen and oxygen atoms in total. The average molecular weight is 289 g/mol. The van der Waals surface area contributed by atoms with Crippen molar-refractivity contribution >= 4 is 5.91 Å². The van der Waals surface area contributed by atoms with Gasteiger partial charge in [-0.15, -0.1) is 0 Å². The molecule has 2 saturated carbocycles. The topological polar surface area (TPSA) is 58.4 Å². The van der Waals surface area contributed by atoms with Crippen molar-refractivity contribution in [3.05, 3.63) is 17.0 Å². The molecular formula is C16H23N3O2. The average Bonchev–Trinajstić information content (AvgIpc) is 3.18. The molecule has 1 aromatic rings. The van der Waals surface area contributed by atoms with Crippen LogP contribution in [0.25, 0.3) is 0 Å². The molecule has 2 aliphatic carbocycles. The first-order valence-electron chi connectivity index (χ1n) is 8.23. The number of carbonyl (C=O) groups is 1.